The zero-order valence-corrected chi connectivity index (χ0v) is 25.6. The predicted octanol–water partition coefficient (Wildman–Crippen LogP) is 5.38. The smallest absolute Gasteiger partial charge is 0.278 e. The number of hydrogen-bond donors (Lipinski definition) is 3. The first-order chi connectivity index (χ1) is 21.5. The first kappa shape index (κ1) is 30.9. The van der Waals surface area contributed by atoms with E-state index in [0.717, 1.165) is 31.3 Å². The van der Waals surface area contributed by atoms with E-state index >= 15 is 13.2 Å². The van der Waals surface area contributed by atoms with E-state index in [4.69, 9.17) is 11.6 Å². The van der Waals surface area contributed by atoms with Crippen LogP contribution < -0.4 is 21.8 Å². The largest absolute Gasteiger partial charge is 0.400 e. The van der Waals surface area contributed by atoms with Crippen molar-refractivity contribution in [1.29, 1.82) is 5.26 Å². The molecule has 9 nitrogen and oxygen atoms in total. The van der Waals surface area contributed by atoms with E-state index < -0.39 is 34.7 Å². The second kappa shape index (κ2) is 12.0. The van der Waals surface area contributed by atoms with Crippen molar-refractivity contribution in [3.63, 3.8) is 0 Å². The van der Waals surface area contributed by atoms with E-state index in [-0.39, 0.29) is 18.4 Å². The van der Waals surface area contributed by atoms with Crippen LogP contribution in [-0.4, -0.2) is 52.6 Å². The van der Waals surface area contributed by atoms with Crippen LogP contribution in [0.5, 0.6) is 0 Å². The fourth-order valence-corrected chi connectivity index (χ4v) is 6.81. The molecular formula is C33H40F3N9. The highest BCUT2D eigenvalue weighted by Crippen LogP contribution is 2.56. The molecule has 0 radical (unpaired) electrons. The summed E-state index contributed by atoms with van der Waals surface area (Å²) >= 11 is 0. The summed E-state index contributed by atoms with van der Waals surface area (Å²) in [6, 6.07) is 5.98. The molecule has 5 heterocycles. The minimum absolute atomic E-state index is 0.125. The van der Waals surface area contributed by atoms with Crippen LogP contribution in [-0.2, 0) is 5.92 Å². The maximum absolute atomic E-state index is 16.0. The summed E-state index contributed by atoms with van der Waals surface area (Å²) in [5.41, 5.74) is 7.92. The molecule has 12 heteroatoms. The Balaban J connectivity index is 1.39. The molecule has 1 aromatic heterocycles. The molecule has 5 N–H and O–H groups in total. The minimum Gasteiger partial charge on any atom is -0.400 e. The van der Waals surface area contributed by atoms with Crippen molar-refractivity contribution < 1.29 is 13.2 Å². The molecule has 1 saturated heterocycles. The van der Waals surface area contributed by atoms with E-state index in [0.29, 0.717) is 61.3 Å². The molecule has 4 aliphatic heterocycles. The Kier molecular flexibility index (Phi) is 8.26. The van der Waals surface area contributed by atoms with Gasteiger partial charge in [-0.3, -0.25) is 4.90 Å². The highest BCUT2D eigenvalue weighted by molar-refractivity contribution is 5.84. The molecule has 0 unspecified atom stereocenters. The van der Waals surface area contributed by atoms with Gasteiger partial charge in [0.1, 0.15) is 23.8 Å². The van der Waals surface area contributed by atoms with Crippen LogP contribution in [0.15, 0.2) is 54.3 Å². The Hall–Kier alpha value is -4.08. The molecule has 1 atom stereocenters. The molecule has 1 aromatic carbocycles. The van der Waals surface area contributed by atoms with Crippen LogP contribution in [0.1, 0.15) is 68.2 Å². The van der Waals surface area contributed by atoms with Gasteiger partial charge >= 0.3 is 0 Å². The Morgan fingerprint density at radius 3 is 2.56 bits per heavy atom. The summed E-state index contributed by atoms with van der Waals surface area (Å²) in [6.45, 7) is 8.50. The van der Waals surface area contributed by atoms with Gasteiger partial charge in [-0.2, -0.15) is 5.26 Å². The molecule has 7 rings (SSSR count). The maximum atomic E-state index is 16.0. The highest BCUT2D eigenvalue weighted by Gasteiger charge is 2.50. The SMILES string of the molecule is C=C1C(C2(C#N)CC2)=Cc2c3ncnc2N1CCCCN(N)/C=C(\N)CN1CCC(CC1)C(F)(F)c1cccc(c1F)[C@@H](C)N3. The molecule has 2 aromatic rings. The van der Waals surface area contributed by atoms with Crippen LogP contribution in [0, 0.1) is 28.5 Å². The Morgan fingerprint density at radius 2 is 1.84 bits per heavy atom. The number of benzene rings is 1. The maximum Gasteiger partial charge on any atom is 0.278 e. The lowest BCUT2D eigenvalue weighted by Crippen LogP contribution is -2.41. The lowest BCUT2D eigenvalue weighted by Gasteiger charge is -2.36. The lowest BCUT2D eigenvalue weighted by molar-refractivity contribution is -0.0874. The number of allylic oxidation sites excluding steroid dienone is 1. The predicted molar refractivity (Wildman–Crippen MR) is 168 cm³/mol. The van der Waals surface area contributed by atoms with Gasteiger partial charge in [-0.15, -0.1) is 0 Å². The number of aromatic nitrogens is 2. The third-order valence-electron chi connectivity index (χ3n) is 9.62. The van der Waals surface area contributed by atoms with Crippen LogP contribution in [0.25, 0.3) is 6.08 Å². The summed E-state index contributed by atoms with van der Waals surface area (Å²) in [6.07, 6.45) is 8.43. The van der Waals surface area contributed by atoms with Crippen LogP contribution in [0.2, 0.25) is 0 Å². The molecule has 5 aliphatic rings. The molecular weight excluding hydrogens is 579 g/mol. The van der Waals surface area contributed by atoms with E-state index in [1.165, 1.54) is 24.5 Å². The van der Waals surface area contributed by atoms with Gasteiger partial charge in [0, 0.05) is 48.7 Å². The van der Waals surface area contributed by atoms with E-state index in [1.807, 2.05) is 15.9 Å². The number of nitrogens with two attached hydrogens (primary N) is 2. The first-order valence-corrected chi connectivity index (χ1v) is 15.6. The summed E-state index contributed by atoms with van der Waals surface area (Å²) in [5, 5.41) is 14.9. The third kappa shape index (κ3) is 5.87. The molecule has 1 aliphatic carbocycles. The standard InChI is InChI=1S/C33H40F3N9/c1-21-25-6-5-7-27(29(25)34)33(35,36)23-8-14-43(15-9-23)17-24(38)18-44(39)12-3-4-13-45-22(2)28(32(19-37)10-11-32)16-26-30(42-21)40-20-41-31(26)45/h5-7,16,18,20-21,23H,2-4,8-15,17,38-39H2,1H3,(H,40,41,42)/b24-18-/t21-/m1/s1. The van der Waals surface area contributed by atoms with Gasteiger partial charge in [0.15, 0.2) is 0 Å². The summed E-state index contributed by atoms with van der Waals surface area (Å²) < 4.78 is 47.8. The fourth-order valence-electron chi connectivity index (χ4n) is 6.81. The van der Waals surface area contributed by atoms with Gasteiger partial charge in [-0.1, -0.05) is 24.8 Å². The van der Waals surface area contributed by atoms with Gasteiger partial charge in [-0.25, -0.2) is 29.0 Å². The number of fused-ring (bicyclic) bond motifs is 9. The van der Waals surface area contributed by atoms with Gasteiger partial charge in [0.2, 0.25) is 0 Å². The van der Waals surface area contributed by atoms with Crippen LogP contribution in [0.4, 0.5) is 24.8 Å². The number of alkyl halides is 2. The molecule has 238 valence electrons. The number of nitrogens with zero attached hydrogens (tertiary/aromatic N) is 6. The van der Waals surface area contributed by atoms with Crippen molar-refractivity contribution >= 4 is 17.7 Å². The summed E-state index contributed by atoms with van der Waals surface area (Å²) in [4.78, 5) is 13.1. The molecule has 0 amide bonds. The van der Waals surface area contributed by atoms with E-state index in [2.05, 4.69) is 27.9 Å². The number of nitrogens with one attached hydrogen (secondary N) is 1. The van der Waals surface area contributed by atoms with Crippen molar-refractivity contribution in [3.05, 3.63) is 76.8 Å². The molecule has 2 fully saturated rings. The third-order valence-corrected chi connectivity index (χ3v) is 9.62. The topological polar surface area (TPSA) is 123 Å². The normalized spacial score (nSPS) is 27.6. The summed E-state index contributed by atoms with van der Waals surface area (Å²) in [5.74, 6) is 2.02. The number of halogens is 3. The number of nitriles is 1. The van der Waals surface area contributed by atoms with Gasteiger partial charge in [-0.05, 0) is 70.2 Å². The number of hydrazine groups is 1. The highest BCUT2D eigenvalue weighted by atomic mass is 19.3. The number of rotatable bonds is 1. The molecule has 45 heavy (non-hydrogen) atoms. The quantitative estimate of drug-likeness (QED) is 0.361. The molecule has 0 spiro atoms. The fraction of sp³-hybridized carbons (Fsp3) is 0.485. The Bertz CT molecular complexity index is 1570. The van der Waals surface area contributed by atoms with E-state index in [1.54, 1.807) is 18.1 Å². The first-order valence-electron chi connectivity index (χ1n) is 15.6. The van der Waals surface area contributed by atoms with Crippen LogP contribution in [0.3, 0.4) is 0 Å². The van der Waals surface area contributed by atoms with Crippen LogP contribution >= 0.6 is 0 Å². The van der Waals surface area contributed by atoms with Crippen molar-refractivity contribution in [1.82, 2.24) is 19.9 Å². The second-order valence-corrected chi connectivity index (χ2v) is 12.7. The van der Waals surface area contributed by atoms with Crippen molar-refractivity contribution in [2.75, 3.05) is 42.9 Å². The van der Waals surface area contributed by atoms with E-state index in [9.17, 15) is 5.26 Å². The Labute approximate surface area is 262 Å². The monoisotopic (exact) mass is 619 g/mol. The second-order valence-electron chi connectivity index (χ2n) is 12.7. The zero-order valence-electron chi connectivity index (χ0n) is 25.6. The number of anilines is 2. The minimum atomic E-state index is -3.35. The van der Waals surface area contributed by atoms with Gasteiger partial charge in [0.05, 0.1) is 28.7 Å². The lowest BCUT2D eigenvalue weighted by atomic mass is 9.85. The van der Waals surface area contributed by atoms with Gasteiger partial charge < -0.3 is 21.0 Å². The number of hydrogen-bond acceptors (Lipinski definition) is 9. The van der Waals surface area contributed by atoms with Crippen molar-refractivity contribution in [2.24, 2.45) is 22.9 Å². The number of piperidine rings is 1. The average Bonchev–Trinajstić information content (AvgIpc) is 3.81. The molecule has 8 bridgehead atoms. The average molecular weight is 620 g/mol. The van der Waals surface area contributed by atoms with Gasteiger partial charge in [0.25, 0.3) is 5.92 Å². The van der Waals surface area contributed by atoms with Crippen molar-refractivity contribution in [2.45, 2.75) is 57.4 Å². The zero-order chi connectivity index (χ0) is 31.9. The molecule has 1 saturated carbocycles. The van der Waals surface area contributed by atoms with Crippen molar-refractivity contribution in [3.8, 4) is 6.07 Å². The summed E-state index contributed by atoms with van der Waals surface area (Å²) in [7, 11) is 0. The Morgan fingerprint density at radius 1 is 1.11 bits per heavy atom.